The molecule has 2 aromatic rings. The van der Waals surface area contributed by atoms with Crippen molar-refractivity contribution in [2.45, 2.75) is 27.7 Å². The van der Waals surface area contributed by atoms with E-state index in [4.69, 9.17) is 0 Å². The van der Waals surface area contributed by atoms with Crippen molar-refractivity contribution < 1.29 is 14.4 Å². The number of amides is 4. The number of nitrogens with one attached hydrogen (secondary N) is 2. The van der Waals surface area contributed by atoms with E-state index < -0.39 is 6.03 Å². The third kappa shape index (κ3) is 4.00. The second-order valence-corrected chi connectivity index (χ2v) is 7.33. The number of imide groups is 1. The first-order valence-corrected chi connectivity index (χ1v) is 8.91. The van der Waals surface area contributed by atoms with E-state index in [0.29, 0.717) is 29.0 Å². The van der Waals surface area contributed by atoms with Crippen molar-refractivity contribution in [3.05, 3.63) is 58.7 Å². The summed E-state index contributed by atoms with van der Waals surface area (Å²) >= 11 is 0. The maximum Gasteiger partial charge on any atom is 0.323 e. The van der Waals surface area contributed by atoms with Gasteiger partial charge in [-0.25, -0.2) is 4.79 Å². The molecule has 0 atom stereocenters. The standard InChI is InChI=1S/C21H23N3O3/c1-12(2)11-24-19(25)17-6-5-15(10-18(17)20(24)26)22-21(27)23-16-8-13(3)7-14(4)9-16/h5-10,12H,11H2,1-4H3,(H2,22,23,27). The normalized spacial score (nSPS) is 13.1. The number of rotatable bonds is 4. The molecule has 0 saturated heterocycles. The summed E-state index contributed by atoms with van der Waals surface area (Å²) in [5.74, 6) is -0.412. The fourth-order valence-corrected chi connectivity index (χ4v) is 3.24. The van der Waals surface area contributed by atoms with Crippen LogP contribution in [0.5, 0.6) is 0 Å². The van der Waals surface area contributed by atoms with E-state index in [-0.39, 0.29) is 17.7 Å². The lowest BCUT2D eigenvalue weighted by atomic mass is 10.1. The van der Waals surface area contributed by atoms with Crippen LogP contribution in [0.1, 0.15) is 45.7 Å². The Labute approximate surface area is 158 Å². The molecular weight excluding hydrogens is 342 g/mol. The van der Waals surface area contributed by atoms with Gasteiger partial charge in [-0.2, -0.15) is 0 Å². The number of fused-ring (bicyclic) bond motifs is 1. The summed E-state index contributed by atoms with van der Waals surface area (Å²) < 4.78 is 0. The summed E-state index contributed by atoms with van der Waals surface area (Å²) in [5, 5.41) is 5.50. The van der Waals surface area contributed by atoms with Crippen LogP contribution >= 0.6 is 0 Å². The Morgan fingerprint density at radius 3 is 2.11 bits per heavy atom. The number of carbonyl (C=O) groups is 3. The molecule has 140 valence electrons. The topological polar surface area (TPSA) is 78.5 Å². The van der Waals surface area contributed by atoms with Gasteiger partial charge in [0.05, 0.1) is 11.1 Å². The largest absolute Gasteiger partial charge is 0.323 e. The SMILES string of the molecule is Cc1cc(C)cc(NC(=O)Nc2ccc3c(c2)C(=O)N(CC(C)C)C3=O)c1. The van der Waals surface area contributed by atoms with Crippen LogP contribution in [0.15, 0.2) is 36.4 Å². The summed E-state index contributed by atoms with van der Waals surface area (Å²) in [6, 6.07) is 10.1. The van der Waals surface area contributed by atoms with Crippen LogP contribution in [0.3, 0.4) is 0 Å². The molecule has 0 fully saturated rings. The van der Waals surface area contributed by atoms with Crippen molar-refractivity contribution >= 4 is 29.2 Å². The zero-order chi connectivity index (χ0) is 19.7. The molecule has 0 aromatic heterocycles. The minimum Gasteiger partial charge on any atom is -0.308 e. The van der Waals surface area contributed by atoms with E-state index >= 15 is 0 Å². The highest BCUT2D eigenvalue weighted by Crippen LogP contribution is 2.26. The van der Waals surface area contributed by atoms with Gasteiger partial charge in [-0.1, -0.05) is 19.9 Å². The predicted molar refractivity (Wildman–Crippen MR) is 105 cm³/mol. The highest BCUT2D eigenvalue weighted by Gasteiger charge is 2.35. The van der Waals surface area contributed by atoms with E-state index in [0.717, 1.165) is 11.1 Å². The number of aryl methyl sites for hydroxylation is 2. The van der Waals surface area contributed by atoms with E-state index in [1.165, 1.54) is 4.90 Å². The average Bonchev–Trinajstić information content (AvgIpc) is 2.78. The number of hydrogen-bond donors (Lipinski definition) is 2. The van der Waals surface area contributed by atoms with Crippen LogP contribution in [0.2, 0.25) is 0 Å². The van der Waals surface area contributed by atoms with Gasteiger partial charge in [0.1, 0.15) is 0 Å². The maximum atomic E-state index is 12.5. The molecule has 6 heteroatoms. The van der Waals surface area contributed by atoms with Gasteiger partial charge in [0.2, 0.25) is 0 Å². The first kappa shape index (κ1) is 18.6. The number of benzene rings is 2. The second-order valence-electron chi connectivity index (χ2n) is 7.33. The van der Waals surface area contributed by atoms with Gasteiger partial charge in [0.15, 0.2) is 0 Å². The van der Waals surface area contributed by atoms with E-state index in [9.17, 15) is 14.4 Å². The molecule has 4 amide bonds. The summed E-state index contributed by atoms with van der Waals surface area (Å²) in [5.41, 5.74) is 3.96. The highest BCUT2D eigenvalue weighted by atomic mass is 16.2. The first-order valence-electron chi connectivity index (χ1n) is 8.91. The molecule has 6 nitrogen and oxygen atoms in total. The van der Waals surface area contributed by atoms with Gasteiger partial charge in [0.25, 0.3) is 11.8 Å². The van der Waals surface area contributed by atoms with Gasteiger partial charge in [-0.15, -0.1) is 0 Å². The first-order chi connectivity index (χ1) is 12.7. The fourth-order valence-electron chi connectivity index (χ4n) is 3.24. The molecule has 3 rings (SSSR count). The molecule has 0 aliphatic carbocycles. The zero-order valence-corrected chi connectivity index (χ0v) is 15.9. The van der Waals surface area contributed by atoms with Crippen LogP contribution in [-0.4, -0.2) is 29.3 Å². The quantitative estimate of drug-likeness (QED) is 0.797. The Kier molecular flexibility index (Phi) is 4.99. The lowest BCUT2D eigenvalue weighted by molar-refractivity contribution is 0.0636. The molecule has 0 unspecified atom stereocenters. The van der Waals surface area contributed by atoms with E-state index in [1.54, 1.807) is 18.2 Å². The molecule has 0 radical (unpaired) electrons. The highest BCUT2D eigenvalue weighted by molar-refractivity contribution is 6.22. The van der Waals surface area contributed by atoms with Crippen molar-refractivity contribution in [3.8, 4) is 0 Å². The lowest BCUT2D eigenvalue weighted by Crippen LogP contribution is -2.33. The molecule has 2 aromatic carbocycles. The fraction of sp³-hybridized carbons (Fsp3) is 0.286. The van der Waals surface area contributed by atoms with Gasteiger partial charge >= 0.3 is 6.03 Å². The van der Waals surface area contributed by atoms with Crippen molar-refractivity contribution in [1.29, 1.82) is 0 Å². The van der Waals surface area contributed by atoms with Gasteiger partial charge in [-0.3, -0.25) is 14.5 Å². The monoisotopic (exact) mass is 365 g/mol. The Bertz CT molecular complexity index is 914. The zero-order valence-electron chi connectivity index (χ0n) is 15.9. The minimum atomic E-state index is -0.407. The van der Waals surface area contributed by atoms with Crippen molar-refractivity contribution in [1.82, 2.24) is 4.90 Å². The summed E-state index contributed by atoms with van der Waals surface area (Å²) in [6.07, 6.45) is 0. The van der Waals surface area contributed by atoms with E-state index in [2.05, 4.69) is 10.6 Å². The summed E-state index contributed by atoms with van der Waals surface area (Å²) in [4.78, 5) is 38.4. The Morgan fingerprint density at radius 1 is 0.889 bits per heavy atom. The van der Waals surface area contributed by atoms with E-state index in [1.807, 2.05) is 45.9 Å². The van der Waals surface area contributed by atoms with Crippen molar-refractivity contribution in [2.24, 2.45) is 5.92 Å². The number of nitrogens with zero attached hydrogens (tertiary/aromatic N) is 1. The number of anilines is 2. The van der Waals surface area contributed by atoms with Crippen LogP contribution < -0.4 is 10.6 Å². The number of hydrogen-bond acceptors (Lipinski definition) is 3. The average molecular weight is 365 g/mol. The molecule has 2 N–H and O–H groups in total. The molecule has 27 heavy (non-hydrogen) atoms. The number of carbonyl (C=O) groups excluding carboxylic acids is 3. The van der Waals surface area contributed by atoms with Crippen LogP contribution in [-0.2, 0) is 0 Å². The molecule has 1 aliphatic rings. The number of urea groups is 1. The molecular formula is C21H23N3O3. The second kappa shape index (κ2) is 7.23. The minimum absolute atomic E-state index is 0.188. The Balaban J connectivity index is 1.75. The molecule has 0 spiro atoms. The smallest absolute Gasteiger partial charge is 0.308 e. The summed E-state index contributed by atoms with van der Waals surface area (Å²) in [6.45, 7) is 8.20. The Hall–Kier alpha value is -3.15. The van der Waals surface area contributed by atoms with Crippen LogP contribution in [0.25, 0.3) is 0 Å². The van der Waals surface area contributed by atoms with Gasteiger partial charge in [0, 0.05) is 17.9 Å². The van der Waals surface area contributed by atoms with Gasteiger partial charge < -0.3 is 10.6 Å². The molecule has 1 aliphatic heterocycles. The van der Waals surface area contributed by atoms with Crippen molar-refractivity contribution in [2.75, 3.05) is 17.2 Å². The van der Waals surface area contributed by atoms with Crippen LogP contribution in [0, 0.1) is 19.8 Å². The predicted octanol–water partition coefficient (Wildman–Crippen LogP) is 4.20. The third-order valence-corrected chi connectivity index (χ3v) is 4.26. The molecule has 0 bridgehead atoms. The lowest BCUT2D eigenvalue weighted by Gasteiger charge is -2.15. The van der Waals surface area contributed by atoms with Gasteiger partial charge in [-0.05, 0) is 61.2 Å². The summed E-state index contributed by atoms with van der Waals surface area (Å²) in [7, 11) is 0. The van der Waals surface area contributed by atoms with Crippen LogP contribution in [0.4, 0.5) is 16.2 Å². The maximum absolute atomic E-state index is 12.5. The Morgan fingerprint density at radius 2 is 1.48 bits per heavy atom. The molecule has 1 heterocycles. The van der Waals surface area contributed by atoms with Crippen molar-refractivity contribution in [3.63, 3.8) is 0 Å². The third-order valence-electron chi connectivity index (χ3n) is 4.26. The molecule has 0 saturated carbocycles.